The van der Waals surface area contributed by atoms with Crippen LogP contribution in [0.1, 0.15) is 56.8 Å². The van der Waals surface area contributed by atoms with Crippen molar-refractivity contribution in [1.29, 1.82) is 0 Å². The number of nitrogens with zero attached hydrogens (tertiary/aromatic N) is 2. The predicted molar refractivity (Wildman–Crippen MR) is 77.3 cm³/mol. The first-order valence-corrected chi connectivity index (χ1v) is 7.04. The summed E-state index contributed by atoms with van der Waals surface area (Å²) in [7, 11) is 0. The van der Waals surface area contributed by atoms with Gasteiger partial charge in [0.2, 0.25) is 5.95 Å². The summed E-state index contributed by atoms with van der Waals surface area (Å²) in [6, 6.07) is 0.166. The number of anilines is 1. The molecule has 0 saturated heterocycles. The molecule has 0 spiro atoms. The van der Waals surface area contributed by atoms with E-state index in [2.05, 4.69) is 27.5 Å². The highest BCUT2D eigenvalue weighted by Gasteiger charge is 2.09. The number of rotatable bonds is 8. The van der Waals surface area contributed by atoms with Crippen molar-refractivity contribution < 1.29 is 4.79 Å². The Labute approximate surface area is 115 Å². The molecule has 0 bridgehead atoms. The summed E-state index contributed by atoms with van der Waals surface area (Å²) in [5, 5.41) is 6.03. The first kappa shape index (κ1) is 15.4. The lowest BCUT2D eigenvalue weighted by molar-refractivity contribution is 0.0938. The molecule has 5 nitrogen and oxygen atoms in total. The lowest BCUT2D eigenvalue weighted by Crippen LogP contribution is -2.32. The van der Waals surface area contributed by atoms with Gasteiger partial charge in [0.1, 0.15) is 0 Å². The summed E-state index contributed by atoms with van der Waals surface area (Å²) in [5.41, 5.74) is 0.499. The van der Waals surface area contributed by atoms with E-state index in [0.717, 1.165) is 19.4 Å². The van der Waals surface area contributed by atoms with Crippen LogP contribution in [0.2, 0.25) is 0 Å². The molecule has 0 saturated carbocycles. The summed E-state index contributed by atoms with van der Waals surface area (Å²) in [5.74, 6) is 0.461. The molecule has 0 aliphatic carbocycles. The Morgan fingerprint density at radius 2 is 1.95 bits per heavy atom. The number of hydrogen-bond acceptors (Lipinski definition) is 4. The standard InChI is InChI=1S/C14H24N4O/c1-4-6-7-8-15-14-16-9-12(10-17-14)13(19)18-11(3)5-2/h9-11H,4-8H2,1-3H3,(H,18,19)(H,15,16,17). The molecular weight excluding hydrogens is 240 g/mol. The van der Waals surface area contributed by atoms with Crippen molar-refractivity contribution >= 4 is 11.9 Å². The Balaban J connectivity index is 2.44. The molecule has 106 valence electrons. The zero-order chi connectivity index (χ0) is 14.1. The second-order valence-electron chi connectivity index (χ2n) is 4.71. The van der Waals surface area contributed by atoms with E-state index >= 15 is 0 Å². The van der Waals surface area contributed by atoms with Crippen LogP contribution in [-0.2, 0) is 0 Å². The minimum atomic E-state index is -0.119. The van der Waals surface area contributed by atoms with E-state index in [1.165, 1.54) is 12.8 Å². The monoisotopic (exact) mass is 264 g/mol. The third-order valence-corrected chi connectivity index (χ3v) is 2.97. The highest BCUT2D eigenvalue weighted by atomic mass is 16.1. The van der Waals surface area contributed by atoms with Crippen LogP contribution in [0.4, 0.5) is 5.95 Å². The van der Waals surface area contributed by atoms with Crippen molar-refractivity contribution in [3.8, 4) is 0 Å². The molecule has 0 fully saturated rings. The van der Waals surface area contributed by atoms with Crippen LogP contribution >= 0.6 is 0 Å². The van der Waals surface area contributed by atoms with Crippen molar-refractivity contribution in [2.75, 3.05) is 11.9 Å². The second-order valence-corrected chi connectivity index (χ2v) is 4.71. The van der Waals surface area contributed by atoms with Crippen molar-refractivity contribution in [3.63, 3.8) is 0 Å². The van der Waals surface area contributed by atoms with Gasteiger partial charge in [-0.25, -0.2) is 9.97 Å². The SMILES string of the molecule is CCCCCNc1ncc(C(=O)NC(C)CC)cn1. The summed E-state index contributed by atoms with van der Waals surface area (Å²) >= 11 is 0. The Bertz CT molecular complexity index is 378. The van der Waals surface area contributed by atoms with Crippen molar-refractivity contribution in [2.24, 2.45) is 0 Å². The van der Waals surface area contributed by atoms with Gasteiger partial charge in [-0.05, 0) is 19.8 Å². The molecule has 19 heavy (non-hydrogen) atoms. The lowest BCUT2D eigenvalue weighted by Gasteiger charge is -2.11. The molecule has 1 rings (SSSR count). The predicted octanol–water partition coefficient (Wildman–Crippen LogP) is 2.61. The molecule has 1 unspecified atom stereocenters. The van der Waals surface area contributed by atoms with E-state index in [-0.39, 0.29) is 11.9 Å². The van der Waals surface area contributed by atoms with Gasteiger partial charge < -0.3 is 10.6 Å². The summed E-state index contributed by atoms with van der Waals surface area (Å²) < 4.78 is 0. The molecule has 2 N–H and O–H groups in total. The number of carbonyl (C=O) groups excluding carboxylic acids is 1. The zero-order valence-corrected chi connectivity index (χ0v) is 12.1. The van der Waals surface area contributed by atoms with Crippen molar-refractivity contribution in [2.45, 2.75) is 52.5 Å². The van der Waals surface area contributed by atoms with E-state index in [4.69, 9.17) is 0 Å². The number of carbonyl (C=O) groups is 1. The molecule has 0 aliphatic rings. The third kappa shape index (κ3) is 5.68. The maximum atomic E-state index is 11.8. The van der Waals surface area contributed by atoms with E-state index in [0.29, 0.717) is 11.5 Å². The summed E-state index contributed by atoms with van der Waals surface area (Å²) in [4.78, 5) is 20.1. The van der Waals surface area contributed by atoms with Crippen LogP contribution in [0.25, 0.3) is 0 Å². The van der Waals surface area contributed by atoms with Crippen LogP contribution in [-0.4, -0.2) is 28.5 Å². The molecule has 0 aromatic carbocycles. The molecule has 1 atom stereocenters. The van der Waals surface area contributed by atoms with Crippen LogP contribution in [0.3, 0.4) is 0 Å². The molecule has 0 aliphatic heterocycles. The van der Waals surface area contributed by atoms with Gasteiger partial charge in [-0.1, -0.05) is 26.7 Å². The largest absolute Gasteiger partial charge is 0.354 e. The smallest absolute Gasteiger partial charge is 0.254 e. The molecule has 1 amide bonds. The van der Waals surface area contributed by atoms with Crippen LogP contribution in [0.5, 0.6) is 0 Å². The molecular formula is C14H24N4O. The van der Waals surface area contributed by atoms with Gasteiger partial charge in [0.15, 0.2) is 0 Å². The fraction of sp³-hybridized carbons (Fsp3) is 0.643. The fourth-order valence-corrected chi connectivity index (χ4v) is 1.52. The first-order chi connectivity index (χ1) is 9.17. The molecule has 1 aromatic rings. The van der Waals surface area contributed by atoms with E-state index < -0.39 is 0 Å². The zero-order valence-electron chi connectivity index (χ0n) is 12.1. The summed E-state index contributed by atoms with van der Waals surface area (Å²) in [6.07, 6.45) is 7.53. The van der Waals surface area contributed by atoms with Gasteiger partial charge in [0.05, 0.1) is 5.56 Å². The Morgan fingerprint density at radius 1 is 1.26 bits per heavy atom. The molecule has 5 heteroatoms. The summed E-state index contributed by atoms with van der Waals surface area (Å²) in [6.45, 7) is 7.04. The van der Waals surface area contributed by atoms with Gasteiger partial charge in [-0.15, -0.1) is 0 Å². The molecule has 1 heterocycles. The van der Waals surface area contributed by atoms with Gasteiger partial charge in [-0.2, -0.15) is 0 Å². The van der Waals surface area contributed by atoms with Gasteiger partial charge in [0, 0.05) is 25.0 Å². The lowest BCUT2D eigenvalue weighted by atomic mass is 10.2. The van der Waals surface area contributed by atoms with Crippen LogP contribution in [0.15, 0.2) is 12.4 Å². The Kier molecular flexibility index (Phi) is 6.85. The number of unbranched alkanes of at least 4 members (excludes halogenated alkanes) is 2. The van der Waals surface area contributed by atoms with Gasteiger partial charge in [-0.3, -0.25) is 4.79 Å². The normalized spacial score (nSPS) is 11.9. The van der Waals surface area contributed by atoms with E-state index in [1.807, 2.05) is 13.8 Å². The minimum absolute atomic E-state index is 0.119. The quantitative estimate of drug-likeness (QED) is 0.708. The first-order valence-electron chi connectivity index (χ1n) is 7.04. The van der Waals surface area contributed by atoms with E-state index in [9.17, 15) is 4.79 Å². The topological polar surface area (TPSA) is 66.9 Å². The minimum Gasteiger partial charge on any atom is -0.354 e. The average molecular weight is 264 g/mol. The van der Waals surface area contributed by atoms with Gasteiger partial charge >= 0.3 is 0 Å². The maximum absolute atomic E-state index is 11.8. The maximum Gasteiger partial charge on any atom is 0.254 e. The fourth-order valence-electron chi connectivity index (χ4n) is 1.52. The van der Waals surface area contributed by atoms with Gasteiger partial charge in [0.25, 0.3) is 5.91 Å². The van der Waals surface area contributed by atoms with Crippen molar-refractivity contribution in [3.05, 3.63) is 18.0 Å². The van der Waals surface area contributed by atoms with Crippen LogP contribution < -0.4 is 10.6 Å². The van der Waals surface area contributed by atoms with Crippen molar-refractivity contribution in [1.82, 2.24) is 15.3 Å². The Morgan fingerprint density at radius 3 is 2.53 bits per heavy atom. The number of amides is 1. The number of aromatic nitrogens is 2. The average Bonchev–Trinajstić information content (AvgIpc) is 2.44. The second kappa shape index (κ2) is 8.45. The molecule has 1 aromatic heterocycles. The number of nitrogens with one attached hydrogen (secondary N) is 2. The highest BCUT2D eigenvalue weighted by molar-refractivity contribution is 5.93. The Hall–Kier alpha value is -1.65. The number of hydrogen-bond donors (Lipinski definition) is 2. The van der Waals surface area contributed by atoms with E-state index in [1.54, 1.807) is 12.4 Å². The third-order valence-electron chi connectivity index (χ3n) is 2.97. The highest BCUT2D eigenvalue weighted by Crippen LogP contribution is 2.02. The van der Waals surface area contributed by atoms with Crippen LogP contribution in [0, 0.1) is 0 Å². The molecule has 0 radical (unpaired) electrons.